The molecule has 0 bridgehead atoms. The van der Waals surface area contributed by atoms with E-state index < -0.39 is 27.6 Å². The highest BCUT2D eigenvalue weighted by Crippen LogP contribution is 2.10. The number of carbonyl (C=O) groups excluding carboxylic acids is 1. The summed E-state index contributed by atoms with van der Waals surface area (Å²) >= 11 is 0. The minimum Gasteiger partial charge on any atom is -0.348 e. The number of sulfonamides is 1. The van der Waals surface area contributed by atoms with Crippen LogP contribution in [0.15, 0.2) is 42.5 Å². The summed E-state index contributed by atoms with van der Waals surface area (Å²) in [6, 6.07) is 9.58. The average Bonchev–Trinajstić information content (AvgIpc) is 2.56. The molecule has 0 heterocycles. The van der Waals surface area contributed by atoms with Gasteiger partial charge in [-0.15, -0.1) is 0 Å². The first-order chi connectivity index (χ1) is 11.3. The smallest absolute Gasteiger partial charge is 0.251 e. The van der Waals surface area contributed by atoms with Gasteiger partial charge in [0.1, 0.15) is 0 Å². The van der Waals surface area contributed by atoms with E-state index in [0.717, 1.165) is 17.7 Å². The number of carbonyl (C=O) groups is 1. The van der Waals surface area contributed by atoms with Crippen LogP contribution < -0.4 is 10.0 Å². The molecule has 0 aromatic heterocycles. The summed E-state index contributed by atoms with van der Waals surface area (Å²) in [5, 5.41) is 2.58. The van der Waals surface area contributed by atoms with Gasteiger partial charge in [-0.3, -0.25) is 4.79 Å². The second-order valence-corrected chi connectivity index (χ2v) is 7.02. The molecule has 5 nitrogen and oxygen atoms in total. The van der Waals surface area contributed by atoms with Crippen LogP contribution in [-0.4, -0.2) is 21.4 Å². The predicted molar refractivity (Wildman–Crippen MR) is 85.7 cm³/mol. The molecule has 2 aromatic rings. The van der Waals surface area contributed by atoms with Gasteiger partial charge in [-0.05, 0) is 36.4 Å². The molecule has 24 heavy (non-hydrogen) atoms. The van der Waals surface area contributed by atoms with Crippen LogP contribution in [0.5, 0.6) is 0 Å². The largest absolute Gasteiger partial charge is 0.348 e. The molecule has 128 valence electrons. The molecule has 2 N–H and O–H groups in total. The van der Waals surface area contributed by atoms with Gasteiger partial charge in [-0.25, -0.2) is 21.9 Å². The first-order valence-corrected chi connectivity index (χ1v) is 8.68. The lowest BCUT2D eigenvalue weighted by molar-refractivity contribution is 0.0950. The van der Waals surface area contributed by atoms with Gasteiger partial charge in [0.25, 0.3) is 5.91 Å². The van der Waals surface area contributed by atoms with Gasteiger partial charge in [0.15, 0.2) is 11.6 Å². The van der Waals surface area contributed by atoms with Crippen LogP contribution in [0.4, 0.5) is 8.78 Å². The second-order valence-electron chi connectivity index (χ2n) is 5.09. The van der Waals surface area contributed by atoms with E-state index in [1.54, 1.807) is 24.3 Å². The molecule has 0 saturated heterocycles. The maximum Gasteiger partial charge on any atom is 0.251 e. The van der Waals surface area contributed by atoms with Crippen LogP contribution in [0, 0.1) is 11.6 Å². The van der Waals surface area contributed by atoms with Crippen molar-refractivity contribution >= 4 is 15.9 Å². The Balaban J connectivity index is 1.96. The van der Waals surface area contributed by atoms with Crippen molar-refractivity contribution in [3.63, 3.8) is 0 Å². The summed E-state index contributed by atoms with van der Waals surface area (Å²) in [5.41, 5.74) is 1.38. The Labute approximate surface area is 138 Å². The molecule has 0 unspecified atom stereocenters. The fraction of sp³-hybridized carbons (Fsp3) is 0.188. The molecule has 1 amide bonds. The summed E-state index contributed by atoms with van der Waals surface area (Å²) < 4.78 is 51.1. The highest BCUT2D eigenvalue weighted by molar-refractivity contribution is 7.88. The zero-order valence-corrected chi connectivity index (χ0v) is 13.7. The summed E-state index contributed by atoms with van der Waals surface area (Å²) in [6.07, 6.45) is 0. The monoisotopic (exact) mass is 354 g/mol. The van der Waals surface area contributed by atoms with Crippen molar-refractivity contribution in [2.24, 2.45) is 0 Å². The molecule has 2 rings (SSSR count). The van der Waals surface area contributed by atoms with E-state index in [1.807, 2.05) is 0 Å². The fourth-order valence-corrected chi connectivity index (χ4v) is 2.74. The van der Waals surface area contributed by atoms with Crippen molar-refractivity contribution in [2.75, 3.05) is 7.05 Å². The summed E-state index contributed by atoms with van der Waals surface area (Å²) in [5.74, 6) is -2.77. The molecule has 0 fully saturated rings. The van der Waals surface area contributed by atoms with Gasteiger partial charge in [0.2, 0.25) is 10.0 Å². The van der Waals surface area contributed by atoms with Crippen molar-refractivity contribution in [3.05, 3.63) is 70.8 Å². The van der Waals surface area contributed by atoms with Gasteiger partial charge in [0, 0.05) is 12.1 Å². The van der Waals surface area contributed by atoms with E-state index in [-0.39, 0.29) is 17.9 Å². The Hall–Kier alpha value is -2.32. The molecule has 0 aliphatic rings. The Morgan fingerprint density at radius 3 is 2.21 bits per heavy atom. The SMILES string of the molecule is CNS(=O)(=O)Cc1ccc(CNC(=O)c2ccc(F)c(F)c2)cc1. The number of nitrogens with one attached hydrogen (secondary N) is 2. The van der Waals surface area contributed by atoms with Crippen molar-refractivity contribution in [1.82, 2.24) is 10.0 Å². The van der Waals surface area contributed by atoms with E-state index in [4.69, 9.17) is 0 Å². The quantitative estimate of drug-likeness (QED) is 0.833. The molecule has 0 spiro atoms. The lowest BCUT2D eigenvalue weighted by Gasteiger charge is -2.07. The summed E-state index contributed by atoms with van der Waals surface area (Å²) in [7, 11) is -2.00. The lowest BCUT2D eigenvalue weighted by atomic mass is 10.1. The van der Waals surface area contributed by atoms with Gasteiger partial charge in [-0.1, -0.05) is 24.3 Å². The van der Waals surface area contributed by atoms with E-state index in [2.05, 4.69) is 10.0 Å². The molecule has 2 aromatic carbocycles. The number of hydrogen-bond acceptors (Lipinski definition) is 3. The maximum absolute atomic E-state index is 13.1. The van der Waals surface area contributed by atoms with E-state index in [0.29, 0.717) is 5.56 Å². The normalized spacial score (nSPS) is 11.3. The number of halogens is 2. The number of rotatable bonds is 6. The first-order valence-electron chi connectivity index (χ1n) is 7.03. The fourth-order valence-electron chi connectivity index (χ4n) is 1.97. The molecule has 0 atom stereocenters. The minimum absolute atomic E-state index is 0.0191. The van der Waals surface area contributed by atoms with Crippen molar-refractivity contribution < 1.29 is 22.0 Å². The third kappa shape index (κ3) is 4.84. The Morgan fingerprint density at radius 1 is 1.00 bits per heavy atom. The Morgan fingerprint density at radius 2 is 1.62 bits per heavy atom. The summed E-state index contributed by atoms with van der Waals surface area (Å²) in [4.78, 5) is 11.9. The minimum atomic E-state index is -3.34. The number of amides is 1. The number of benzene rings is 2. The highest BCUT2D eigenvalue weighted by Gasteiger charge is 2.10. The molecule has 0 aliphatic carbocycles. The maximum atomic E-state index is 13.1. The van der Waals surface area contributed by atoms with Crippen LogP contribution in [0.3, 0.4) is 0 Å². The first kappa shape index (κ1) is 18.0. The third-order valence-corrected chi connectivity index (χ3v) is 4.66. The van der Waals surface area contributed by atoms with Crippen molar-refractivity contribution in [3.8, 4) is 0 Å². The van der Waals surface area contributed by atoms with Crippen LogP contribution in [0.1, 0.15) is 21.5 Å². The average molecular weight is 354 g/mol. The van der Waals surface area contributed by atoms with Crippen LogP contribution in [-0.2, 0) is 22.3 Å². The summed E-state index contributed by atoms with van der Waals surface area (Å²) in [6.45, 7) is 0.177. The number of hydrogen-bond donors (Lipinski definition) is 2. The lowest BCUT2D eigenvalue weighted by Crippen LogP contribution is -2.23. The molecule has 0 saturated carbocycles. The van der Waals surface area contributed by atoms with E-state index in [9.17, 15) is 22.0 Å². The molecule has 0 radical (unpaired) electrons. The Kier molecular flexibility index (Phi) is 5.63. The standard InChI is InChI=1S/C16H16F2N2O3S/c1-19-24(22,23)10-12-4-2-11(3-5-12)9-20-16(21)13-6-7-14(17)15(18)8-13/h2-8,19H,9-10H2,1H3,(H,20,21). The van der Waals surface area contributed by atoms with E-state index in [1.165, 1.54) is 13.1 Å². The topological polar surface area (TPSA) is 75.3 Å². The predicted octanol–water partition coefficient (Wildman–Crippen LogP) is 1.94. The third-order valence-electron chi connectivity index (χ3n) is 3.33. The van der Waals surface area contributed by atoms with Crippen molar-refractivity contribution in [1.29, 1.82) is 0 Å². The van der Waals surface area contributed by atoms with E-state index >= 15 is 0 Å². The highest BCUT2D eigenvalue weighted by atomic mass is 32.2. The van der Waals surface area contributed by atoms with Crippen LogP contribution in [0.2, 0.25) is 0 Å². The molecular formula is C16H16F2N2O3S. The zero-order chi connectivity index (χ0) is 17.7. The van der Waals surface area contributed by atoms with Crippen LogP contribution >= 0.6 is 0 Å². The Bertz CT molecular complexity index is 837. The molecule has 0 aliphatic heterocycles. The molecule has 8 heteroatoms. The van der Waals surface area contributed by atoms with Crippen LogP contribution in [0.25, 0.3) is 0 Å². The zero-order valence-electron chi connectivity index (χ0n) is 12.8. The van der Waals surface area contributed by atoms with Gasteiger partial charge in [0.05, 0.1) is 5.75 Å². The van der Waals surface area contributed by atoms with Gasteiger partial charge in [-0.2, -0.15) is 0 Å². The second kappa shape index (κ2) is 7.50. The molecular weight excluding hydrogens is 338 g/mol. The van der Waals surface area contributed by atoms with Crippen molar-refractivity contribution in [2.45, 2.75) is 12.3 Å². The van der Waals surface area contributed by atoms with Gasteiger partial charge >= 0.3 is 0 Å². The van der Waals surface area contributed by atoms with Gasteiger partial charge < -0.3 is 5.32 Å².